The predicted molar refractivity (Wildman–Crippen MR) is 81.5 cm³/mol. The number of aliphatic hydroxyl groups is 1. The number of aromatic nitrogens is 1. The molecule has 0 atom stereocenters. The maximum absolute atomic E-state index is 9.70. The lowest BCUT2D eigenvalue weighted by Gasteiger charge is -2.16. The summed E-state index contributed by atoms with van der Waals surface area (Å²) >= 11 is 0. The highest BCUT2D eigenvalue weighted by Gasteiger charge is 2.16. The van der Waals surface area contributed by atoms with Crippen molar-refractivity contribution >= 4 is 5.57 Å². The summed E-state index contributed by atoms with van der Waals surface area (Å²) in [4.78, 5) is 4.23. The molecule has 2 heteroatoms. The van der Waals surface area contributed by atoms with Crippen molar-refractivity contribution < 1.29 is 5.11 Å². The van der Waals surface area contributed by atoms with Crippen molar-refractivity contribution in [2.24, 2.45) is 0 Å². The topological polar surface area (TPSA) is 33.1 Å². The van der Waals surface area contributed by atoms with E-state index < -0.39 is 5.60 Å². The Hall–Kier alpha value is -1.15. The van der Waals surface area contributed by atoms with E-state index in [1.165, 1.54) is 5.57 Å². The van der Waals surface area contributed by atoms with Gasteiger partial charge in [0, 0.05) is 6.20 Å². The Morgan fingerprint density at radius 2 is 1.67 bits per heavy atom. The lowest BCUT2D eigenvalue weighted by atomic mass is 10.0. The van der Waals surface area contributed by atoms with Crippen molar-refractivity contribution in [1.29, 1.82) is 0 Å². The third-order valence-electron chi connectivity index (χ3n) is 2.28. The minimum absolute atomic E-state index is 0.699. The van der Waals surface area contributed by atoms with E-state index in [0.717, 1.165) is 5.56 Å². The highest BCUT2D eigenvalue weighted by molar-refractivity contribution is 5.62. The van der Waals surface area contributed by atoms with Crippen LogP contribution in [0.4, 0.5) is 0 Å². The molecule has 1 N–H and O–H groups in total. The molecule has 0 spiro atoms. The summed E-state index contributed by atoms with van der Waals surface area (Å²) in [6.45, 7) is 15.5. The van der Waals surface area contributed by atoms with E-state index >= 15 is 0 Å². The molecule has 0 unspecified atom stereocenters. The van der Waals surface area contributed by atoms with Crippen LogP contribution in [-0.4, -0.2) is 10.1 Å². The van der Waals surface area contributed by atoms with E-state index in [9.17, 15) is 5.11 Å². The molecule has 0 bridgehead atoms. The highest BCUT2D eigenvalue weighted by Crippen LogP contribution is 2.19. The Morgan fingerprint density at radius 3 is 1.94 bits per heavy atom. The van der Waals surface area contributed by atoms with E-state index in [1.807, 2.05) is 59.8 Å². The van der Waals surface area contributed by atoms with Crippen molar-refractivity contribution in [3.05, 3.63) is 35.7 Å². The highest BCUT2D eigenvalue weighted by atomic mass is 16.3. The van der Waals surface area contributed by atoms with E-state index in [1.54, 1.807) is 20.0 Å². The lowest BCUT2D eigenvalue weighted by Crippen LogP contribution is -2.17. The van der Waals surface area contributed by atoms with Gasteiger partial charge in [0.2, 0.25) is 0 Å². The molecule has 0 aliphatic heterocycles. The lowest BCUT2D eigenvalue weighted by molar-refractivity contribution is 0.0738. The van der Waals surface area contributed by atoms with Crippen molar-refractivity contribution in [2.75, 3.05) is 0 Å². The summed E-state index contributed by atoms with van der Waals surface area (Å²) in [5.41, 5.74) is 2.13. The second-order valence-corrected chi connectivity index (χ2v) is 3.96. The summed E-state index contributed by atoms with van der Waals surface area (Å²) < 4.78 is 0. The molecule has 0 saturated heterocycles. The third kappa shape index (κ3) is 6.55. The van der Waals surface area contributed by atoms with Gasteiger partial charge in [0.05, 0.1) is 5.69 Å². The van der Waals surface area contributed by atoms with Crippen LogP contribution in [0.25, 0.3) is 5.57 Å². The van der Waals surface area contributed by atoms with Crippen LogP contribution in [0.3, 0.4) is 0 Å². The average molecular weight is 251 g/mol. The molecule has 1 heterocycles. The standard InChI is InChI=1S/C12H17NO.2C2H6/c1-5-9(2)10-6-7-11(13-8-10)12(3,4)14;2*1-2/h5-8,14H,1-4H3;2*1-2H3/b9-5+;;. The number of pyridine rings is 1. The molecule has 0 radical (unpaired) electrons. The molecular formula is C16H29NO. The first-order valence-electron chi connectivity index (χ1n) is 6.77. The molecule has 1 aromatic heterocycles. The van der Waals surface area contributed by atoms with Crippen molar-refractivity contribution in [3.8, 4) is 0 Å². The molecule has 1 rings (SSSR count). The fourth-order valence-corrected chi connectivity index (χ4v) is 1.16. The second kappa shape index (κ2) is 9.84. The van der Waals surface area contributed by atoms with E-state index in [4.69, 9.17) is 0 Å². The number of allylic oxidation sites excluding steroid dienone is 2. The Kier molecular flexibility index (Phi) is 10.5. The first-order chi connectivity index (χ1) is 8.45. The van der Waals surface area contributed by atoms with E-state index in [0.29, 0.717) is 5.69 Å². The minimum Gasteiger partial charge on any atom is -0.384 e. The monoisotopic (exact) mass is 251 g/mol. The van der Waals surface area contributed by atoms with Gasteiger partial charge in [0.25, 0.3) is 0 Å². The van der Waals surface area contributed by atoms with Crippen LogP contribution >= 0.6 is 0 Å². The molecule has 18 heavy (non-hydrogen) atoms. The van der Waals surface area contributed by atoms with Gasteiger partial charge < -0.3 is 5.11 Å². The fourth-order valence-electron chi connectivity index (χ4n) is 1.16. The van der Waals surface area contributed by atoms with Crippen LogP contribution in [0.15, 0.2) is 24.4 Å². The molecule has 104 valence electrons. The summed E-state index contributed by atoms with van der Waals surface area (Å²) in [6.07, 6.45) is 3.84. The van der Waals surface area contributed by atoms with Crippen LogP contribution in [0, 0.1) is 0 Å². The Labute approximate surface area is 113 Å². The Balaban J connectivity index is 0. The Bertz CT molecular complexity index is 331. The predicted octanol–water partition coefficient (Wildman–Crippen LogP) is 4.78. The maximum atomic E-state index is 9.70. The largest absolute Gasteiger partial charge is 0.384 e. The quantitative estimate of drug-likeness (QED) is 0.820. The molecule has 1 aromatic rings. The smallest absolute Gasteiger partial charge is 0.101 e. The first-order valence-corrected chi connectivity index (χ1v) is 6.77. The van der Waals surface area contributed by atoms with E-state index in [-0.39, 0.29) is 0 Å². The first kappa shape index (κ1) is 19.2. The van der Waals surface area contributed by atoms with Gasteiger partial charge in [0.1, 0.15) is 5.60 Å². The third-order valence-corrected chi connectivity index (χ3v) is 2.28. The zero-order valence-corrected chi connectivity index (χ0v) is 13.2. The van der Waals surface area contributed by atoms with Gasteiger partial charge in [-0.2, -0.15) is 0 Å². The normalized spacial score (nSPS) is 10.8. The van der Waals surface area contributed by atoms with Crippen LogP contribution < -0.4 is 0 Å². The number of hydrogen-bond donors (Lipinski definition) is 1. The van der Waals surface area contributed by atoms with Crippen LogP contribution in [0.1, 0.15) is 66.6 Å². The molecule has 0 aliphatic rings. The molecule has 0 aliphatic carbocycles. The maximum Gasteiger partial charge on any atom is 0.101 e. The number of nitrogens with zero attached hydrogens (tertiary/aromatic N) is 1. The Morgan fingerprint density at radius 1 is 1.17 bits per heavy atom. The molecule has 0 aromatic carbocycles. The fraction of sp³-hybridized carbons (Fsp3) is 0.562. The summed E-state index contributed by atoms with van der Waals surface area (Å²) in [7, 11) is 0. The zero-order chi connectivity index (χ0) is 14.8. The van der Waals surface area contributed by atoms with Gasteiger partial charge in [-0.15, -0.1) is 0 Å². The van der Waals surface area contributed by atoms with Gasteiger partial charge in [-0.05, 0) is 44.9 Å². The van der Waals surface area contributed by atoms with Gasteiger partial charge in [-0.25, -0.2) is 0 Å². The zero-order valence-electron chi connectivity index (χ0n) is 13.2. The van der Waals surface area contributed by atoms with Crippen molar-refractivity contribution in [1.82, 2.24) is 4.98 Å². The molecule has 2 nitrogen and oxygen atoms in total. The SMILES string of the molecule is C/C=C(\C)c1ccc(C(C)(C)O)nc1.CC.CC. The van der Waals surface area contributed by atoms with Gasteiger partial charge in [-0.3, -0.25) is 4.98 Å². The van der Waals surface area contributed by atoms with Gasteiger partial charge in [0.15, 0.2) is 0 Å². The average Bonchev–Trinajstić information content (AvgIpc) is 2.41. The van der Waals surface area contributed by atoms with Crippen molar-refractivity contribution in [3.63, 3.8) is 0 Å². The molecular weight excluding hydrogens is 222 g/mol. The van der Waals surface area contributed by atoms with Gasteiger partial charge >= 0.3 is 0 Å². The van der Waals surface area contributed by atoms with Crippen LogP contribution in [0.5, 0.6) is 0 Å². The van der Waals surface area contributed by atoms with E-state index in [2.05, 4.69) is 4.98 Å². The molecule has 0 fully saturated rings. The van der Waals surface area contributed by atoms with Gasteiger partial charge in [-0.1, -0.05) is 39.8 Å². The molecule has 0 saturated carbocycles. The summed E-state index contributed by atoms with van der Waals surface area (Å²) in [5.74, 6) is 0. The summed E-state index contributed by atoms with van der Waals surface area (Å²) in [5, 5.41) is 9.70. The summed E-state index contributed by atoms with van der Waals surface area (Å²) in [6, 6.07) is 3.85. The number of hydrogen-bond acceptors (Lipinski definition) is 2. The minimum atomic E-state index is -0.859. The van der Waals surface area contributed by atoms with Crippen LogP contribution in [0.2, 0.25) is 0 Å². The van der Waals surface area contributed by atoms with Crippen molar-refractivity contribution in [2.45, 2.75) is 61.0 Å². The second-order valence-electron chi connectivity index (χ2n) is 3.96. The number of rotatable bonds is 2. The van der Waals surface area contributed by atoms with Crippen LogP contribution in [-0.2, 0) is 5.60 Å². The molecule has 0 amide bonds.